The van der Waals surface area contributed by atoms with Gasteiger partial charge in [-0.2, -0.15) is 0 Å². The molecule has 1 aromatic carbocycles. The fraction of sp³-hybridized carbons (Fsp3) is 0.375. The van der Waals surface area contributed by atoms with Crippen LogP contribution in [0.3, 0.4) is 0 Å². The van der Waals surface area contributed by atoms with Crippen molar-refractivity contribution in [3.63, 3.8) is 0 Å². The van der Waals surface area contributed by atoms with Crippen LogP contribution in [0.4, 0.5) is 5.69 Å². The van der Waals surface area contributed by atoms with E-state index in [1.807, 2.05) is 50.2 Å². The van der Waals surface area contributed by atoms with Crippen LogP contribution in [0.25, 0.3) is 0 Å². The molecular formula is C16H21N3O2S. The van der Waals surface area contributed by atoms with Crippen molar-refractivity contribution in [1.82, 2.24) is 10.6 Å². The monoisotopic (exact) mass is 319 g/mol. The number of ether oxygens (including phenoxy) is 1. The summed E-state index contributed by atoms with van der Waals surface area (Å²) in [4.78, 5) is 14.3. The summed E-state index contributed by atoms with van der Waals surface area (Å²) in [5, 5.41) is 6.64. The predicted molar refractivity (Wildman–Crippen MR) is 91.7 cm³/mol. The van der Waals surface area contributed by atoms with Crippen LogP contribution in [0, 0.1) is 0 Å². The van der Waals surface area contributed by atoms with Gasteiger partial charge >= 0.3 is 5.97 Å². The molecule has 0 fully saturated rings. The Hall–Kier alpha value is -2.08. The van der Waals surface area contributed by atoms with E-state index in [0.717, 1.165) is 16.9 Å². The van der Waals surface area contributed by atoms with Gasteiger partial charge in [0.05, 0.1) is 18.2 Å². The van der Waals surface area contributed by atoms with Crippen molar-refractivity contribution in [2.75, 3.05) is 25.6 Å². The molecule has 0 spiro atoms. The van der Waals surface area contributed by atoms with Gasteiger partial charge in [-0.15, -0.1) is 0 Å². The smallest absolute Gasteiger partial charge is 0.338 e. The number of nitrogens with zero attached hydrogens (tertiary/aromatic N) is 1. The van der Waals surface area contributed by atoms with E-state index in [9.17, 15) is 4.79 Å². The van der Waals surface area contributed by atoms with Crippen LogP contribution in [0.2, 0.25) is 0 Å². The zero-order valence-corrected chi connectivity index (χ0v) is 14.1. The van der Waals surface area contributed by atoms with Gasteiger partial charge in [0.25, 0.3) is 0 Å². The minimum absolute atomic E-state index is 0.302. The molecule has 1 aliphatic heterocycles. The summed E-state index contributed by atoms with van der Waals surface area (Å²) < 4.78 is 5.17. The standard InChI is InChI=1S/C16H21N3O2S/c1-5-21-15(20)13-10(2)17-16(22)18-14(13)11-6-8-12(9-7-11)19(3)4/h6-9,14H,5H2,1-4H3,(H2,17,18,22)/t14-/m1/s1. The van der Waals surface area contributed by atoms with Crippen molar-refractivity contribution < 1.29 is 9.53 Å². The Bertz CT molecular complexity index is 608. The summed E-state index contributed by atoms with van der Waals surface area (Å²) in [5.74, 6) is -0.329. The highest BCUT2D eigenvalue weighted by molar-refractivity contribution is 7.80. The lowest BCUT2D eigenvalue weighted by molar-refractivity contribution is -0.139. The molecule has 6 heteroatoms. The number of rotatable bonds is 4. The summed E-state index contributed by atoms with van der Waals surface area (Å²) in [6, 6.07) is 7.71. The maximum Gasteiger partial charge on any atom is 0.338 e. The number of thiocarbonyl (C=S) groups is 1. The largest absolute Gasteiger partial charge is 0.463 e. The molecular weight excluding hydrogens is 298 g/mol. The van der Waals surface area contributed by atoms with Gasteiger partial charge in [-0.05, 0) is 43.8 Å². The molecule has 0 amide bonds. The van der Waals surface area contributed by atoms with Gasteiger partial charge < -0.3 is 20.3 Å². The van der Waals surface area contributed by atoms with E-state index in [4.69, 9.17) is 17.0 Å². The predicted octanol–water partition coefficient (Wildman–Crippen LogP) is 2.11. The first kappa shape index (κ1) is 16.3. The normalized spacial score (nSPS) is 17.6. The number of allylic oxidation sites excluding steroid dienone is 1. The number of hydrogen-bond donors (Lipinski definition) is 2. The SMILES string of the molecule is CCOC(=O)C1=C(C)NC(=S)N[C@@H]1c1ccc(N(C)C)cc1. The van der Waals surface area contributed by atoms with Crippen molar-refractivity contribution in [3.05, 3.63) is 41.1 Å². The Morgan fingerprint density at radius 2 is 1.95 bits per heavy atom. The van der Waals surface area contributed by atoms with E-state index >= 15 is 0 Å². The minimum Gasteiger partial charge on any atom is -0.463 e. The number of anilines is 1. The van der Waals surface area contributed by atoms with Gasteiger partial charge in [0.2, 0.25) is 0 Å². The molecule has 0 saturated carbocycles. The molecule has 0 aromatic heterocycles. The van der Waals surface area contributed by atoms with E-state index in [0.29, 0.717) is 17.3 Å². The molecule has 0 radical (unpaired) electrons. The first-order chi connectivity index (χ1) is 10.4. The number of benzene rings is 1. The summed E-state index contributed by atoms with van der Waals surface area (Å²) >= 11 is 5.21. The number of hydrogen-bond acceptors (Lipinski definition) is 4. The van der Waals surface area contributed by atoms with Crippen LogP contribution in [0.5, 0.6) is 0 Å². The van der Waals surface area contributed by atoms with Crippen molar-refractivity contribution in [3.8, 4) is 0 Å². The van der Waals surface area contributed by atoms with Crippen LogP contribution >= 0.6 is 12.2 Å². The quantitative estimate of drug-likeness (QED) is 0.655. The van der Waals surface area contributed by atoms with Crippen molar-refractivity contribution >= 4 is 29.0 Å². The van der Waals surface area contributed by atoms with Gasteiger partial charge in [-0.1, -0.05) is 12.1 Å². The second-order valence-corrected chi connectivity index (χ2v) is 5.68. The molecule has 1 aromatic rings. The lowest BCUT2D eigenvalue weighted by Gasteiger charge is -2.30. The molecule has 1 aliphatic rings. The van der Waals surface area contributed by atoms with Crippen molar-refractivity contribution in [2.24, 2.45) is 0 Å². The fourth-order valence-corrected chi connectivity index (χ4v) is 2.66. The Morgan fingerprint density at radius 3 is 2.50 bits per heavy atom. The van der Waals surface area contributed by atoms with Gasteiger partial charge in [0.1, 0.15) is 0 Å². The van der Waals surface area contributed by atoms with E-state index in [2.05, 4.69) is 10.6 Å². The van der Waals surface area contributed by atoms with Crippen molar-refractivity contribution in [2.45, 2.75) is 19.9 Å². The van der Waals surface area contributed by atoms with Crippen LogP contribution in [-0.2, 0) is 9.53 Å². The summed E-state index contributed by atoms with van der Waals surface area (Å²) in [7, 11) is 3.97. The topological polar surface area (TPSA) is 53.6 Å². The number of esters is 1. The van der Waals surface area contributed by atoms with Crippen LogP contribution in [-0.4, -0.2) is 31.8 Å². The first-order valence-electron chi connectivity index (χ1n) is 7.16. The van der Waals surface area contributed by atoms with Gasteiger partial charge in [-0.25, -0.2) is 4.79 Å². The highest BCUT2D eigenvalue weighted by Gasteiger charge is 2.30. The molecule has 0 saturated heterocycles. The molecule has 0 unspecified atom stereocenters. The molecule has 2 N–H and O–H groups in total. The van der Waals surface area contributed by atoms with E-state index in [1.165, 1.54) is 0 Å². The average molecular weight is 319 g/mol. The zero-order chi connectivity index (χ0) is 16.3. The highest BCUT2D eigenvalue weighted by Crippen LogP contribution is 2.28. The summed E-state index contributed by atoms with van der Waals surface area (Å²) in [5.41, 5.74) is 3.35. The molecule has 0 bridgehead atoms. The van der Waals surface area contributed by atoms with Gasteiger partial charge in [0, 0.05) is 25.5 Å². The van der Waals surface area contributed by atoms with Crippen LogP contribution in [0.1, 0.15) is 25.5 Å². The molecule has 2 rings (SSSR count). The third-order valence-electron chi connectivity index (χ3n) is 3.51. The van der Waals surface area contributed by atoms with E-state index in [1.54, 1.807) is 6.92 Å². The maximum atomic E-state index is 12.3. The number of carbonyl (C=O) groups excluding carboxylic acids is 1. The van der Waals surface area contributed by atoms with E-state index < -0.39 is 0 Å². The Labute approximate surface area is 136 Å². The summed E-state index contributed by atoms with van der Waals surface area (Å²) in [6.45, 7) is 3.97. The molecule has 0 aliphatic carbocycles. The van der Waals surface area contributed by atoms with Crippen LogP contribution in [0.15, 0.2) is 35.5 Å². The Kier molecular flexibility index (Phi) is 5.03. The molecule has 22 heavy (non-hydrogen) atoms. The van der Waals surface area contributed by atoms with E-state index in [-0.39, 0.29) is 12.0 Å². The molecule has 118 valence electrons. The van der Waals surface area contributed by atoms with Gasteiger partial charge in [0.15, 0.2) is 5.11 Å². The third-order valence-corrected chi connectivity index (χ3v) is 3.73. The number of carbonyl (C=O) groups is 1. The Morgan fingerprint density at radius 1 is 1.32 bits per heavy atom. The summed E-state index contributed by atoms with van der Waals surface area (Å²) in [6.07, 6.45) is 0. The fourth-order valence-electron chi connectivity index (χ4n) is 2.39. The lowest BCUT2D eigenvalue weighted by atomic mass is 9.95. The zero-order valence-electron chi connectivity index (χ0n) is 13.3. The second kappa shape index (κ2) is 6.79. The second-order valence-electron chi connectivity index (χ2n) is 5.28. The van der Waals surface area contributed by atoms with Crippen LogP contribution < -0.4 is 15.5 Å². The molecule has 1 atom stereocenters. The molecule has 1 heterocycles. The Balaban J connectivity index is 2.38. The minimum atomic E-state index is -0.329. The number of nitrogens with one attached hydrogen (secondary N) is 2. The highest BCUT2D eigenvalue weighted by atomic mass is 32.1. The maximum absolute atomic E-state index is 12.3. The van der Waals surface area contributed by atoms with Crippen molar-refractivity contribution in [1.29, 1.82) is 0 Å². The molecule has 5 nitrogen and oxygen atoms in total. The average Bonchev–Trinajstić information content (AvgIpc) is 2.46. The first-order valence-corrected chi connectivity index (χ1v) is 7.57. The van der Waals surface area contributed by atoms with Gasteiger partial charge in [-0.3, -0.25) is 0 Å². The lowest BCUT2D eigenvalue weighted by Crippen LogP contribution is -2.45. The third kappa shape index (κ3) is 3.39.